The third-order valence-electron chi connectivity index (χ3n) is 2.25. The summed E-state index contributed by atoms with van der Waals surface area (Å²) in [4.78, 5) is 11.5. The third kappa shape index (κ3) is 1.41. The molecular formula is C9H12N4O. The van der Waals surface area contributed by atoms with Crippen LogP contribution in [0.2, 0.25) is 0 Å². The van der Waals surface area contributed by atoms with Gasteiger partial charge in [0.2, 0.25) is 0 Å². The van der Waals surface area contributed by atoms with Crippen molar-refractivity contribution in [2.45, 2.75) is 13.3 Å². The van der Waals surface area contributed by atoms with Crippen LogP contribution in [0.15, 0.2) is 23.0 Å². The molecule has 1 aliphatic carbocycles. The molecule has 0 bridgehead atoms. The largest absolute Gasteiger partial charge is 0.367 e. The molecule has 0 amide bonds. The van der Waals surface area contributed by atoms with Crippen LogP contribution in [0.3, 0.4) is 0 Å². The van der Waals surface area contributed by atoms with Crippen molar-refractivity contribution in [3.8, 4) is 0 Å². The van der Waals surface area contributed by atoms with E-state index in [2.05, 4.69) is 23.4 Å². The fraction of sp³-hybridized carbons (Fsp3) is 0.444. The Balaban J connectivity index is 2.41. The zero-order chi connectivity index (χ0) is 10.1. The van der Waals surface area contributed by atoms with Gasteiger partial charge in [-0.3, -0.25) is 0 Å². The Morgan fingerprint density at radius 1 is 1.50 bits per heavy atom. The average Bonchev–Trinajstić information content (AvgIpc) is 2.48. The standard InChI is InChI=1S/C9H12N4O/c1-7-4-3-5-8(6-7)13-9(14)12(2)10-11-13/h3-5,7H,6H2,1-2H3. The maximum absolute atomic E-state index is 11.5. The highest BCUT2D eigenvalue weighted by Gasteiger charge is 2.12. The van der Waals surface area contributed by atoms with Gasteiger partial charge in [-0.1, -0.05) is 19.1 Å². The van der Waals surface area contributed by atoms with Gasteiger partial charge in [0.05, 0.1) is 5.70 Å². The summed E-state index contributed by atoms with van der Waals surface area (Å²) in [5.41, 5.74) is 0.705. The SMILES string of the molecule is CC1C=CC=C(n2nnn(C)c2=O)C1. The summed E-state index contributed by atoms with van der Waals surface area (Å²) in [6, 6.07) is 0. The Bertz CT molecular complexity index is 452. The second kappa shape index (κ2) is 3.25. The van der Waals surface area contributed by atoms with E-state index < -0.39 is 0 Å². The normalized spacial score (nSPS) is 21.0. The minimum Gasteiger partial charge on any atom is -0.244 e. The van der Waals surface area contributed by atoms with Crippen LogP contribution in [0, 0.1) is 5.92 Å². The fourth-order valence-corrected chi connectivity index (χ4v) is 1.47. The first kappa shape index (κ1) is 8.93. The van der Waals surface area contributed by atoms with E-state index in [1.807, 2.05) is 12.2 Å². The highest BCUT2D eigenvalue weighted by Crippen LogP contribution is 2.19. The molecule has 0 fully saturated rings. The van der Waals surface area contributed by atoms with Gasteiger partial charge in [-0.05, 0) is 28.8 Å². The van der Waals surface area contributed by atoms with Crippen LogP contribution in [0.4, 0.5) is 0 Å². The van der Waals surface area contributed by atoms with Crippen molar-refractivity contribution in [1.82, 2.24) is 19.8 Å². The molecule has 0 saturated heterocycles. The molecule has 0 aromatic carbocycles. The topological polar surface area (TPSA) is 52.7 Å². The van der Waals surface area contributed by atoms with Gasteiger partial charge in [0.1, 0.15) is 0 Å². The molecule has 5 nitrogen and oxygen atoms in total. The number of aromatic nitrogens is 4. The van der Waals surface area contributed by atoms with Gasteiger partial charge in [-0.25, -0.2) is 4.79 Å². The number of aryl methyl sites for hydroxylation is 1. The van der Waals surface area contributed by atoms with Crippen LogP contribution in [0.5, 0.6) is 0 Å². The molecular weight excluding hydrogens is 180 g/mol. The van der Waals surface area contributed by atoms with Crippen LogP contribution >= 0.6 is 0 Å². The minimum absolute atomic E-state index is 0.196. The molecule has 0 N–H and O–H groups in total. The third-order valence-corrected chi connectivity index (χ3v) is 2.25. The predicted molar refractivity (Wildman–Crippen MR) is 52.5 cm³/mol. The summed E-state index contributed by atoms with van der Waals surface area (Å²) >= 11 is 0. The van der Waals surface area contributed by atoms with E-state index in [0.29, 0.717) is 5.92 Å². The van der Waals surface area contributed by atoms with Crippen molar-refractivity contribution < 1.29 is 0 Å². The first-order chi connectivity index (χ1) is 6.68. The van der Waals surface area contributed by atoms with E-state index in [1.165, 1.54) is 9.36 Å². The molecule has 0 saturated carbocycles. The lowest BCUT2D eigenvalue weighted by Crippen LogP contribution is -2.23. The summed E-state index contributed by atoms with van der Waals surface area (Å²) in [5.74, 6) is 0.448. The Hall–Kier alpha value is -1.65. The number of hydrogen-bond acceptors (Lipinski definition) is 3. The van der Waals surface area contributed by atoms with Gasteiger partial charge in [-0.15, -0.1) is 0 Å². The zero-order valence-electron chi connectivity index (χ0n) is 8.21. The summed E-state index contributed by atoms with van der Waals surface area (Å²) < 4.78 is 2.57. The van der Waals surface area contributed by atoms with Crippen LogP contribution < -0.4 is 5.69 Å². The van der Waals surface area contributed by atoms with Crippen molar-refractivity contribution in [1.29, 1.82) is 0 Å². The zero-order valence-corrected chi connectivity index (χ0v) is 8.21. The van der Waals surface area contributed by atoms with Gasteiger partial charge in [0.25, 0.3) is 0 Å². The van der Waals surface area contributed by atoms with Crippen molar-refractivity contribution in [3.05, 3.63) is 28.7 Å². The van der Waals surface area contributed by atoms with Crippen molar-refractivity contribution >= 4 is 5.70 Å². The number of hydrogen-bond donors (Lipinski definition) is 0. The van der Waals surface area contributed by atoms with E-state index in [-0.39, 0.29) is 5.69 Å². The minimum atomic E-state index is -0.196. The quantitative estimate of drug-likeness (QED) is 0.647. The molecule has 1 heterocycles. The molecule has 14 heavy (non-hydrogen) atoms. The first-order valence-electron chi connectivity index (χ1n) is 4.55. The van der Waals surface area contributed by atoms with Crippen molar-refractivity contribution in [2.75, 3.05) is 0 Å². The molecule has 2 rings (SSSR count). The predicted octanol–water partition coefficient (Wildman–Crippen LogP) is 0.414. The molecule has 1 unspecified atom stereocenters. The van der Waals surface area contributed by atoms with E-state index in [9.17, 15) is 4.79 Å². The van der Waals surface area contributed by atoms with Gasteiger partial charge in [0.15, 0.2) is 0 Å². The summed E-state index contributed by atoms with van der Waals surface area (Å²) in [5, 5.41) is 7.46. The molecule has 1 atom stereocenters. The molecule has 1 aromatic rings. The monoisotopic (exact) mass is 192 g/mol. The van der Waals surface area contributed by atoms with Crippen LogP contribution in [0.25, 0.3) is 5.70 Å². The number of rotatable bonds is 1. The first-order valence-corrected chi connectivity index (χ1v) is 4.55. The lowest BCUT2D eigenvalue weighted by Gasteiger charge is -2.12. The van der Waals surface area contributed by atoms with Crippen LogP contribution in [-0.2, 0) is 7.05 Å². The van der Waals surface area contributed by atoms with E-state index in [4.69, 9.17) is 0 Å². The lowest BCUT2D eigenvalue weighted by atomic mass is 10.0. The Labute approximate surface area is 81.3 Å². The summed E-state index contributed by atoms with van der Waals surface area (Å²) in [7, 11) is 1.59. The Kier molecular flexibility index (Phi) is 2.07. The second-order valence-electron chi connectivity index (χ2n) is 3.52. The van der Waals surface area contributed by atoms with Crippen LogP contribution in [0.1, 0.15) is 13.3 Å². The molecule has 0 radical (unpaired) electrons. The van der Waals surface area contributed by atoms with E-state index in [0.717, 1.165) is 12.1 Å². The smallest absolute Gasteiger partial charge is 0.244 e. The van der Waals surface area contributed by atoms with Crippen molar-refractivity contribution in [3.63, 3.8) is 0 Å². The maximum Gasteiger partial charge on any atom is 0.367 e. The fourth-order valence-electron chi connectivity index (χ4n) is 1.47. The van der Waals surface area contributed by atoms with Gasteiger partial charge in [0, 0.05) is 7.05 Å². The molecule has 1 aliphatic rings. The lowest BCUT2D eigenvalue weighted by molar-refractivity contribution is 0.678. The van der Waals surface area contributed by atoms with Gasteiger partial charge < -0.3 is 0 Å². The molecule has 1 aromatic heterocycles. The van der Waals surface area contributed by atoms with Crippen LogP contribution in [-0.4, -0.2) is 19.8 Å². The maximum atomic E-state index is 11.5. The highest BCUT2D eigenvalue weighted by molar-refractivity contribution is 5.49. The molecule has 0 aliphatic heterocycles. The molecule has 0 spiro atoms. The summed E-state index contributed by atoms with van der Waals surface area (Å²) in [6.45, 7) is 2.10. The average molecular weight is 192 g/mol. The second-order valence-corrected chi connectivity index (χ2v) is 3.52. The molecule has 5 heteroatoms. The highest BCUT2D eigenvalue weighted by atomic mass is 16.2. The number of nitrogens with zero attached hydrogens (tertiary/aromatic N) is 4. The number of allylic oxidation sites excluding steroid dienone is 4. The van der Waals surface area contributed by atoms with Gasteiger partial charge in [-0.2, -0.15) is 9.36 Å². The Morgan fingerprint density at radius 2 is 2.29 bits per heavy atom. The van der Waals surface area contributed by atoms with E-state index in [1.54, 1.807) is 7.05 Å². The number of tetrazole rings is 1. The Morgan fingerprint density at radius 3 is 2.86 bits per heavy atom. The summed E-state index contributed by atoms with van der Waals surface area (Å²) in [6.07, 6.45) is 6.78. The molecule has 74 valence electrons. The van der Waals surface area contributed by atoms with Crippen molar-refractivity contribution in [2.24, 2.45) is 13.0 Å². The van der Waals surface area contributed by atoms with Gasteiger partial charge >= 0.3 is 5.69 Å². The van der Waals surface area contributed by atoms with E-state index >= 15 is 0 Å².